The molecule has 2 aromatic rings. The molecule has 4 heteroatoms. The summed E-state index contributed by atoms with van der Waals surface area (Å²) in [6.07, 6.45) is 1.78. The van der Waals surface area contributed by atoms with Gasteiger partial charge < -0.3 is 4.74 Å². The standard InChI is InChI=1S/C12H15FN2O/c1-7(2)8-5-10(13)11-9(12(8)16-4)6-15(3)14-11/h5-7H,1-4H3. The van der Waals surface area contributed by atoms with Gasteiger partial charge in [0.15, 0.2) is 5.82 Å². The molecule has 0 amide bonds. The molecular formula is C12H15FN2O. The molecule has 0 bridgehead atoms. The van der Waals surface area contributed by atoms with Crippen molar-refractivity contribution in [1.82, 2.24) is 9.78 Å². The Balaban J connectivity index is 2.84. The molecule has 0 spiro atoms. The summed E-state index contributed by atoms with van der Waals surface area (Å²) in [5, 5.41) is 4.81. The fourth-order valence-corrected chi connectivity index (χ4v) is 1.91. The molecule has 1 heterocycles. The lowest BCUT2D eigenvalue weighted by Crippen LogP contribution is -1.96. The van der Waals surface area contributed by atoms with Crippen molar-refractivity contribution in [2.45, 2.75) is 19.8 Å². The molecule has 2 rings (SSSR count). The van der Waals surface area contributed by atoms with E-state index in [1.54, 1.807) is 25.0 Å². The number of hydrogen-bond acceptors (Lipinski definition) is 2. The first-order valence-electron chi connectivity index (χ1n) is 5.24. The van der Waals surface area contributed by atoms with Crippen molar-refractivity contribution in [3.8, 4) is 5.75 Å². The van der Waals surface area contributed by atoms with Crippen LogP contribution in [0.3, 0.4) is 0 Å². The third-order valence-electron chi connectivity index (χ3n) is 2.67. The molecule has 1 aromatic heterocycles. The Labute approximate surface area is 93.8 Å². The highest BCUT2D eigenvalue weighted by molar-refractivity contribution is 5.87. The van der Waals surface area contributed by atoms with Crippen molar-refractivity contribution in [1.29, 1.82) is 0 Å². The van der Waals surface area contributed by atoms with Crippen LogP contribution < -0.4 is 4.74 Å². The topological polar surface area (TPSA) is 27.1 Å². The van der Waals surface area contributed by atoms with E-state index in [-0.39, 0.29) is 11.7 Å². The van der Waals surface area contributed by atoms with Crippen molar-refractivity contribution in [3.05, 3.63) is 23.6 Å². The van der Waals surface area contributed by atoms with E-state index < -0.39 is 0 Å². The Bertz CT molecular complexity index is 531. The summed E-state index contributed by atoms with van der Waals surface area (Å²) < 4.78 is 20.8. The molecule has 1 aromatic carbocycles. The molecule has 0 aliphatic heterocycles. The lowest BCUT2D eigenvalue weighted by atomic mass is 10.00. The fourth-order valence-electron chi connectivity index (χ4n) is 1.91. The quantitative estimate of drug-likeness (QED) is 0.781. The van der Waals surface area contributed by atoms with Crippen molar-refractivity contribution in [3.63, 3.8) is 0 Å². The van der Waals surface area contributed by atoms with Crippen LogP contribution in [0.4, 0.5) is 4.39 Å². The number of ether oxygens (including phenoxy) is 1. The van der Waals surface area contributed by atoms with Crippen LogP contribution in [0.25, 0.3) is 10.9 Å². The van der Waals surface area contributed by atoms with Gasteiger partial charge in [-0.15, -0.1) is 0 Å². The molecule has 0 unspecified atom stereocenters. The van der Waals surface area contributed by atoms with E-state index in [0.29, 0.717) is 5.52 Å². The summed E-state index contributed by atoms with van der Waals surface area (Å²) in [6, 6.07) is 1.51. The van der Waals surface area contributed by atoms with E-state index in [4.69, 9.17) is 4.74 Å². The van der Waals surface area contributed by atoms with E-state index in [1.807, 2.05) is 13.8 Å². The van der Waals surface area contributed by atoms with Crippen molar-refractivity contribution < 1.29 is 9.13 Å². The lowest BCUT2D eigenvalue weighted by Gasteiger charge is -2.12. The average Bonchev–Trinajstić information content (AvgIpc) is 2.60. The maximum atomic E-state index is 13.8. The molecule has 0 fully saturated rings. The molecule has 0 aliphatic rings. The van der Waals surface area contributed by atoms with Gasteiger partial charge in [0.2, 0.25) is 0 Å². The van der Waals surface area contributed by atoms with Crippen molar-refractivity contribution in [2.24, 2.45) is 7.05 Å². The minimum atomic E-state index is -0.292. The van der Waals surface area contributed by atoms with E-state index in [1.165, 1.54) is 6.07 Å². The molecule has 86 valence electrons. The number of benzene rings is 1. The molecule has 3 nitrogen and oxygen atoms in total. The van der Waals surface area contributed by atoms with Crippen LogP contribution in [0.1, 0.15) is 25.3 Å². The number of rotatable bonds is 2. The summed E-state index contributed by atoms with van der Waals surface area (Å²) in [5.41, 5.74) is 1.24. The van der Waals surface area contributed by atoms with Crippen LogP contribution in [0, 0.1) is 5.82 Å². The molecule has 0 aliphatic carbocycles. The zero-order valence-electron chi connectivity index (χ0n) is 9.91. The number of fused-ring (bicyclic) bond motifs is 1. The maximum absolute atomic E-state index is 13.8. The van der Waals surface area contributed by atoms with Crippen LogP contribution in [0.15, 0.2) is 12.3 Å². The number of halogens is 1. The molecule has 0 saturated carbocycles. The monoisotopic (exact) mass is 222 g/mol. The minimum absolute atomic E-state index is 0.217. The first kappa shape index (κ1) is 10.9. The van der Waals surface area contributed by atoms with Gasteiger partial charge in [-0.3, -0.25) is 4.68 Å². The van der Waals surface area contributed by atoms with Gasteiger partial charge in [-0.1, -0.05) is 13.8 Å². The van der Waals surface area contributed by atoms with E-state index in [0.717, 1.165) is 16.7 Å². The normalized spacial score (nSPS) is 11.4. The van der Waals surface area contributed by atoms with E-state index >= 15 is 0 Å². The van der Waals surface area contributed by atoms with Crippen LogP contribution in [0.5, 0.6) is 5.75 Å². The van der Waals surface area contributed by atoms with Crippen LogP contribution >= 0.6 is 0 Å². The number of aromatic nitrogens is 2. The highest BCUT2D eigenvalue weighted by Gasteiger charge is 2.17. The van der Waals surface area contributed by atoms with Gasteiger partial charge in [-0.25, -0.2) is 4.39 Å². The number of methoxy groups -OCH3 is 1. The Morgan fingerprint density at radius 2 is 2.12 bits per heavy atom. The molecular weight excluding hydrogens is 207 g/mol. The van der Waals surface area contributed by atoms with E-state index in [2.05, 4.69) is 5.10 Å². The minimum Gasteiger partial charge on any atom is -0.496 e. The van der Waals surface area contributed by atoms with Crippen molar-refractivity contribution in [2.75, 3.05) is 7.11 Å². The largest absolute Gasteiger partial charge is 0.496 e. The van der Waals surface area contributed by atoms with Crippen LogP contribution in [-0.2, 0) is 7.05 Å². The SMILES string of the molecule is COc1c(C(C)C)cc(F)c2nn(C)cc12. The number of aryl methyl sites for hydroxylation is 1. The lowest BCUT2D eigenvalue weighted by molar-refractivity contribution is 0.411. The smallest absolute Gasteiger partial charge is 0.151 e. The zero-order valence-corrected chi connectivity index (χ0v) is 9.91. The number of nitrogens with zero attached hydrogens (tertiary/aromatic N) is 2. The van der Waals surface area contributed by atoms with E-state index in [9.17, 15) is 4.39 Å². The average molecular weight is 222 g/mol. The van der Waals surface area contributed by atoms with Gasteiger partial charge in [0.1, 0.15) is 11.3 Å². The van der Waals surface area contributed by atoms with Gasteiger partial charge in [-0.2, -0.15) is 5.10 Å². The van der Waals surface area contributed by atoms with Crippen LogP contribution in [-0.4, -0.2) is 16.9 Å². The summed E-state index contributed by atoms with van der Waals surface area (Å²) in [5.74, 6) is 0.647. The maximum Gasteiger partial charge on any atom is 0.151 e. The van der Waals surface area contributed by atoms with Gasteiger partial charge in [-0.05, 0) is 12.0 Å². The second-order valence-electron chi connectivity index (χ2n) is 4.20. The van der Waals surface area contributed by atoms with Gasteiger partial charge in [0.25, 0.3) is 0 Å². The third-order valence-corrected chi connectivity index (χ3v) is 2.67. The highest BCUT2D eigenvalue weighted by Crippen LogP contribution is 2.35. The van der Waals surface area contributed by atoms with Crippen LogP contribution in [0.2, 0.25) is 0 Å². The summed E-state index contributed by atoms with van der Waals surface area (Å²) in [6.45, 7) is 4.03. The zero-order chi connectivity index (χ0) is 11.9. The first-order valence-corrected chi connectivity index (χ1v) is 5.24. The van der Waals surface area contributed by atoms with Gasteiger partial charge >= 0.3 is 0 Å². The predicted molar refractivity (Wildman–Crippen MR) is 61.3 cm³/mol. The Morgan fingerprint density at radius 1 is 1.44 bits per heavy atom. The summed E-state index contributed by atoms with van der Waals surface area (Å²) in [7, 11) is 3.37. The van der Waals surface area contributed by atoms with Gasteiger partial charge in [0, 0.05) is 18.8 Å². The van der Waals surface area contributed by atoms with Gasteiger partial charge in [0.05, 0.1) is 12.5 Å². The third kappa shape index (κ3) is 1.54. The summed E-state index contributed by atoms with van der Waals surface area (Å²) >= 11 is 0. The number of hydrogen-bond donors (Lipinski definition) is 0. The fraction of sp³-hybridized carbons (Fsp3) is 0.417. The highest BCUT2D eigenvalue weighted by atomic mass is 19.1. The Kier molecular flexibility index (Phi) is 2.58. The Morgan fingerprint density at radius 3 is 2.69 bits per heavy atom. The molecule has 16 heavy (non-hydrogen) atoms. The molecule has 0 radical (unpaired) electrons. The first-order chi connectivity index (χ1) is 7.54. The van der Waals surface area contributed by atoms with Crippen molar-refractivity contribution >= 4 is 10.9 Å². The molecule has 0 atom stereocenters. The molecule has 0 saturated heterocycles. The predicted octanol–water partition coefficient (Wildman–Crippen LogP) is 2.84. The second-order valence-corrected chi connectivity index (χ2v) is 4.20. The Hall–Kier alpha value is -1.58. The second kappa shape index (κ2) is 3.77. The summed E-state index contributed by atoms with van der Waals surface area (Å²) in [4.78, 5) is 0. The molecule has 0 N–H and O–H groups in total.